The molecule has 142 valence electrons. The van der Waals surface area contributed by atoms with Gasteiger partial charge in [-0.2, -0.15) is 0 Å². The van der Waals surface area contributed by atoms with Crippen molar-refractivity contribution in [3.63, 3.8) is 0 Å². The molecule has 2 aliphatic rings. The summed E-state index contributed by atoms with van der Waals surface area (Å²) in [4.78, 5) is 11.4. The molecule has 0 spiro atoms. The highest BCUT2D eigenvalue weighted by atomic mass is 16.5. The molecule has 2 bridgehead atoms. The number of hydrogen-bond donors (Lipinski definition) is 3. The van der Waals surface area contributed by atoms with E-state index in [1.807, 2.05) is 6.92 Å². The first-order chi connectivity index (χ1) is 11.6. The summed E-state index contributed by atoms with van der Waals surface area (Å²) in [5.74, 6) is -1.56. The van der Waals surface area contributed by atoms with Crippen LogP contribution in [0.3, 0.4) is 0 Å². The SMILES string of the molecule is C=C(C(=O)O)[C@@H]1C[C@@H]2O[C@@H]1[C@@H](O)[C@@H](C)CCCC(C)=CCC[C@@]2(C)O. The van der Waals surface area contributed by atoms with E-state index in [9.17, 15) is 20.1 Å². The van der Waals surface area contributed by atoms with Crippen molar-refractivity contribution in [3.8, 4) is 0 Å². The van der Waals surface area contributed by atoms with Gasteiger partial charge in [-0.25, -0.2) is 4.79 Å². The van der Waals surface area contributed by atoms with Crippen LogP contribution in [0.5, 0.6) is 0 Å². The van der Waals surface area contributed by atoms with Crippen molar-refractivity contribution in [2.75, 3.05) is 0 Å². The largest absolute Gasteiger partial charge is 0.478 e. The van der Waals surface area contributed by atoms with Crippen molar-refractivity contribution in [3.05, 3.63) is 23.8 Å². The molecule has 0 aromatic heterocycles. The Labute approximate surface area is 150 Å². The fourth-order valence-electron chi connectivity index (χ4n) is 3.99. The highest BCUT2D eigenvalue weighted by Crippen LogP contribution is 2.41. The van der Waals surface area contributed by atoms with Gasteiger partial charge in [0.2, 0.25) is 0 Å². The average Bonchev–Trinajstić information content (AvgIpc) is 2.98. The van der Waals surface area contributed by atoms with Crippen molar-refractivity contribution >= 4 is 5.97 Å². The van der Waals surface area contributed by atoms with Gasteiger partial charge in [0.05, 0.1) is 23.9 Å². The average molecular weight is 352 g/mol. The fourth-order valence-corrected chi connectivity index (χ4v) is 3.99. The standard InChI is InChI=1S/C20H32O5/c1-12-7-5-9-13(2)17(21)18-15(14(3)19(22)23)11-16(25-18)20(4,24)10-6-8-12/h8,13,15-18,21,24H,3,5-7,9-11H2,1-2,4H3,(H,22,23)/t13-,15-,16-,17-,18-,20+/m0/s1. The van der Waals surface area contributed by atoms with E-state index in [4.69, 9.17) is 4.74 Å². The second-order valence-corrected chi connectivity index (χ2v) is 8.07. The zero-order valence-electron chi connectivity index (χ0n) is 15.6. The number of carboxylic acid groups (broad SMARTS) is 1. The molecule has 2 heterocycles. The zero-order valence-corrected chi connectivity index (χ0v) is 15.6. The third kappa shape index (κ3) is 4.72. The maximum absolute atomic E-state index is 11.4. The van der Waals surface area contributed by atoms with Crippen LogP contribution in [0.2, 0.25) is 0 Å². The zero-order chi connectivity index (χ0) is 18.8. The first-order valence-electron chi connectivity index (χ1n) is 9.27. The van der Waals surface area contributed by atoms with E-state index in [1.165, 1.54) is 5.57 Å². The summed E-state index contributed by atoms with van der Waals surface area (Å²) in [5, 5.41) is 31.0. The number of hydrogen-bond acceptors (Lipinski definition) is 4. The number of carbonyl (C=O) groups is 1. The van der Waals surface area contributed by atoms with Gasteiger partial charge in [0.1, 0.15) is 0 Å². The van der Waals surface area contributed by atoms with E-state index in [0.717, 1.165) is 25.7 Å². The van der Waals surface area contributed by atoms with Gasteiger partial charge in [-0.05, 0) is 58.3 Å². The quantitative estimate of drug-likeness (QED) is 0.525. The third-order valence-electron chi connectivity index (χ3n) is 5.90. The second-order valence-electron chi connectivity index (χ2n) is 8.07. The van der Waals surface area contributed by atoms with E-state index in [1.54, 1.807) is 6.92 Å². The van der Waals surface area contributed by atoms with Crippen LogP contribution in [0.15, 0.2) is 23.8 Å². The maximum atomic E-state index is 11.4. The molecular formula is C20H32O5. The van der Waals surface area contributed by atoms with Crippen molar-refractivity contribution in [2.24, 2.45) is 11.8 Å². The molecular weight excluding hydrogens is 320 g/mol. The lowest BCUT2D eigenvalue weighted by molar-refractivity contribution is -0.136. The highest BCUT2D eigenvalue weighted by molar-refractivity contribution is 5.86. The number of carboxylic acids is 1. The first kappa shape index (κ1) is 20.1. The van der Waals surface area contributed by atoms with Gasteiger partial charge in [0.25, 0.3) is 0 Å². The van der Waals surface area contributed by atoms with Crippen LogP contribution in [0.25, 0.3) is 0 Å². The summed E-state index contributed by atoms with van der Waals surface area (Å²) in [7, 11) is 0. The van der Waals surface area contributed by atoms with Gasteiger partial charge < -0.3 is 20.1 Å². The number of aliphatic hydroxyl groups excluding tert-OH is 1. The molecule has 25 heavy (non-hydrogen) atoms. The summed E-state index contributed by atoms with van der Waals surface area (Å²) in [6.07, 6.45) is 4.71. The number of aliphatic carboxylic acids is 1. The molecule has 5 heteroatoms. The van der Waals surface area contributed by atoms with Gasteiger partial charge in [-0.15, -0.1) is 0 Å². The Morgan fingerprint density at radius 1 is 1.44 bits per heavy atom. The number of allylic oxidation sites excluding steroid dienone is 2. The van der Waals surface area contributed by atoms with Gasteiger partial charge in [0, 0.05) is 11.5 Å². The summed E-state index contributed by atoms with van der Waals surface area (Å²) >= 11 is 0. The molecule has 1 fully saturated rings. The molecule has 1 saturated heterocycles. The van der Waals surface area contributed by atoms with Crippen LogP contribution in [0.4, 0.5) is 0 Å². The minimum Gasteiger partial charge on any atom is -0.478 e. The molecule has 0 aliphatic carbocycles. The molecule has 0 saturated carbocycles. The van der Waals surface area contributed by atoms with Gasteiger partial charge in [0.15, 0.2) is 0 Å². The van der Waals surface area contributed by atoms with Crippen LogP contribution in [-0.4, -0.2) is 45.2 Å². The van der Waals surface area contributed by atoms with Crippen molar-refractivity contribution in [2.45, 2.75) is 83.2 Å². The fraction of sp³-hybridized carbons (Fsp3) is 0.750. The topological polar surface area (TPSA) is 87.0 Å². The summed E-state index contributed by atoms with van der Waals surface area (Å²) in [6.45, 7) is 9.50. The summed E-state index contributed by atoms with van der Waals surface area (Å²) in [6, 6.07) is 0. The Balaban J connectivity index is 2.30. The monoisotopic (exact) mass is 352 g/mol. The lowest BCUT2D eigenvalue weighted by atomic mass is 9.81. The van der Waals surface area contributed by atoms with Crippen molar-refractivity contribution in [1.29, 1.82) is 0 Å². The van der Waals surface area contributed by atoms with Gasteiger partial charge in [-0.1, -0.05) is 25.2 Å². The number of aliphatic hydroxyl groups is 2. The van der Waals surface area contributed by atoms with Crippen LogP contribution in [-0.2, 0) is 9.53 Å². The van der Waals surface area contributed by atoms with Crippen molar-refractivity contribution < 1.29 is 24.9 Å². The smallest absolute Gasteiger partial charge is 0.331 e. The minimum absolute atomic E-state index is 0.00801. The number of rotatable bonds is 2. The third-order valence-corrected chi connectivity index (χ3v) is 5.90. The van der Waals surface area contributed by atoms with E-state index >= 15 is 0 Å². The molecule has 2 rings (SSSR count). The van der Waals surface area contributed by atoms with Crippen LogP contribution < -0.4 is 0 Å². The molecule has 6 atom stereocenters. The van der Waals surface area contributed by atoms with Crippen LogP contribution in [0.1, 0.15) is 59.3 Å². The van der Waals surface area contributed by atoms with E-state index in [-0.39, 0.29) is 11.5 Å². The molecule has 3 N–H and O–H groups in total. The Kier molecular flexibility index (Phi) is 6.46. The normalized spacial score (nSPS) is 40.4. The Morgan fingerprint density at radius 2 is 2.12 bits per heavy atom. The molecule has 0 radical (unpaired) electrons. The molecule has 0 unspecified atom stereocenters. The first-order valence-corrected chi connectivity index (χ1v) is 9.27. The summed E-state index contributed by atoms with van der Waals surface area (Å²) in [5.41, 5.74) is 0.289. The molecule has 0 aromatic rings. The highest BCUT2D eigenvalue weighted by Gasteiger charge is 2.49. The number of fused-ring (bicyclic) bond motifs is 2. The van der Waals surface area contributed by atoms with Gasteiger partial charge in [-0.3, -0.25) is 0 Å². The minimum atomic E-state index is -1.07. The lowest BCUT2D eigenvalue weighted by Crippen LogP contribution is -2.41. The van der Waals surface area contributed by atoms with E-state index in [0.29, 0.717) is 12.8 Å². The van der Waals surface area contributed by atoms with Crippen LogP contribution >= 0.6 is 0 Å². The predicted molar refractivity (Wildman–Crippen MR) is 96.2 cm³/mol. The molecule has 0 aromatic carbocycles. The van der Waals surface area contributed by atoms with Gasteiger partial charge >= 0.3 is 5.97 Å². The van der Waals surface area contributed by atoms with E-state index < -0.39 is 35.8 Å². The Hall–Kier alpha value is -1.17. The molecule has 2 aliphatic heterocycles. The number of ether oxygens (including phenoxy) is 1. The Morgan fingerprint density at radius 3 is 2.76 bits per heavy atom. The maximum Gasteiger partial charge on any atom is 0.331 e. The summed E-state index contributed by atoms with van der Waals surface area (Å²) < 4.78 is 6.04. The van der Waals surface area contributed by atoms with Crippen molar-refractivity contribution in [1.82, 2.24) is 0 Å². The lowest BCUT2D eigenvalue weighted by Gasteiger charge is -2.31. The van der Waals surface area contributed by atoms with E-state index in [2.05, 4.69) is 19.6 Å². The second kappa shape index (κ2) is 8.02. The Bertz CT molecular complexity index is 536. The van der Waals surface area contributed by atoms with Crippen LogP contribution in [0, 0.1) is 11.8 Å². The molecule has 0 amide bonds. The predicted octanol–water partition coefficient (Wildman–Crippen LogP) is 3.06. The molecule has 5 nitrogen and oxygen atoms in total.